The number of rotatable bonds is 18. The highest BCUT2D eigenvalue weighted by atomic mass is 16.5. The average Bonchev–Trinajstić information content (AvgIpc) is 3.76. The molecule has 6 aliphatic heterocycles. The lowest BCUT2D eigenvalue weighted by molar-refractivity contribution is -0.171. The molecule has 0 radical (unpaired) electrons. The predicted octanol–water partition coefficient (Wildman–Crippen LogP) is 4.43. The molecule has 0 aromatic carbocycles. The molecule has 0 aliphatic carbocycles. The van der Waals surface area contributed by atoms with Crippen LogP contribution in [0.5, 0.6) is 0 Å². The van der Waals surface area contributed by atoms with Crippen molar-refractivity contribution in [3.8, 4) is 0 Å². The van der Waals surface area contributed by atoms with Gasteiger partial charge in [-0.05, 0) is 80.9 Å². The summed E-state index contributed by atoms with van der Waals surface area (Å²) in [5.74, 6) is -10.2. The Bertz CT molecular complexity index is 2420. The number of allylic oxidation sites excluding steroid dienone is 6. The van der Waals surface area contributed by atoms with Crippen LogP contribution in [-0.4, -0.2) is 112 Å². The summed E-state index contributed by atoms with van der Waals surface area (Å²) in [6, 6.07) is 0. The number of aliphatic carboxylic acids is 7. The Labute approximate surface area is 372 Å². The van der Waals surface area contributed by atoms with E-state index < -0.39 is 132 Å². The van der Waals surface area contributed by atoms with E-state index in [0.29, 0.717) is 11.3 Å². The minimum atomic E-state index is -1.63. The van der Waals surface area contributed by atoms with Crippen molar-refractivity contribution in [2.75, 3.05) is 0 Å². The summed E-state index contributed by atoms with van der Waals surface area (Å²) in [4.78, 5) is 111. The maximum absolute atomic E-state index is 13.7. The molecule has 350 valence electrons. The molecule has 1 spiro atoms. The van der Waals surface area contributed by atoms with Crippen LogP contribution in [0.25, 0.3) is 0 Å². The van der Waals surface area contributed by atoms with Crippen LogP contribution in [0, 0.1) is 22.2 Å². The average molecular weight is 907 g/mol. The number of ether oxygens (including phenoxy) is 1. The van der Waals surface area contributed by atoms with Crippen LogP contribution in [0.1, 0.15) is 118 Å². The first-order chi connectivity index (χ1) is 30.2. The number of carbonyl (C=O) groups is 8. The van der Waals surface area contributed by atoms with E-state index in [2.05, 4.69) is 10.6 Å². The van der Waals surface area contributed by atoms with Crippen LogP contribution >= 0.6 is 0 Å². The molecule has 0 aromatic rings. The third-order valence-electron chi connectivity index (χ3n) is 14.5. The van der Waals surface area contributed by atoms with Crippen LogP contribution in [0.15, 0.2) is 67.2 Å². The molecule has 0 aromatic heterocycles. The zero-order chi connectivity index (χ0) is 48.2. The standard InChI is InChI=1S/C45H54N4O16/c1-21-45-40-26(15-37(60)61)41(2,13-12-35(56)57)30(47-40)16-27-22(6-9-32(50)51)25(14-36(58)59)44(5,48-27)18-29-23(7-10-33(52)53)42(3,19-38(62)63)31(46-29)17-28(49-45)24(8-11-34(54)55)43(45,4)20-39(64)65-21/h16-17,21,24,47,49H,6-15,18-20H2,1-5H3,(H,50,51)(H,52,53)(H,54,55)(H,56,57)(H,58,59)(H,60,61)(H,62,63)/b28-17-,30-16-/t21?,24-,41-,42+,43+,44-,45?/m1/s1. The molecule has 6 aliphatic rings. The van der Waals surface area contributed by atoms with Crippen molar-refractivity contribution in [1.29, 1.82) is 0 Å². The quantitative estimate of drug-likeness (QED) is 0.0859. The normalized spacial score (nSPS) is 32.9. The van der Waals surface area contributed by atoms with E-state index in [9.17, 15) is 74.1 Å². The lowest BCUT2D eigenvalue weighted by atomic mass is 9.57. The SMILES string of the molecule is CC1OC(=O)C[C@@]2(C)[C@H](CCC(=O)O)/C3=C/C4=NC(=C(CCC(=O)O)[C@]4(C)CC(=O)O)C[C@@]4(C)N=C(/C=C5\NC(=C(CC(=O)O)[C@@]5(C)CCC(=O)O)C12N3)C(CCC(=O)O)=C4CC(=O)O. The largest absolute Gasteiger partial charge is 0.481 e. The van der Waals surface area contributed by atoms with Gasteiger partial charge in [0, 0.05) is 77.1 Å². The van der Waals surface area contributed by atoms with Gasteiger partial charge in [-0.25, -0.2) is 0 Å². The Hall–Kier alpha value is -6.60. The Morgan fingerprint density at radius 2 is 1.32 bits per heavy atom. The van der Waals surface area contributed by atoms with Crippen molar-refractivity contribution in [2.45, 2.75) is 135 Å². The van der Waals surface area contributed by atoms with Crippen LogP contribution in [0.2, 0.25) is 0 Å². The molecular weight excluding hydrogens is 853 g/mol. The number of carboxylic acid groups (broad SMARTS) is 7. The number of hydrogen-bond donors (Lipinski definition) is 9. The Morgan fingerprint density at radius 3 is 1.91 bits per heavy atom. The smallest absolute Gasteiger partial charge is 0.307 e. The van der Waals surface area contributed by atoms with E-state index in [4.69, 9.17) is 14.7 Å². The summed E-state index contributed by atoms with van der Waals surface area (Å²) in [6.45, 7) is 8.15. The van der Waals surface area contributed by atoms with Crippen LogP contribution < -0.4 is 10.6 Å². The number of carbonyl (C=O) groups excluding carboxylic acids is 1. The monoisotopic (exact) mass is 906 g/mol. The fraction of sp³-hybridized carbons (Fsp3) is 0.556. The molecule has 0 saturated carbocycles. The van der Waals surface area contributed by atoms with Gasteiger partial charge in [0.25, 0.3) is 0 Å². The molecule has 9 N–H and O–H groups in total. The predicted molar refractivity (Wildman–Crippen MR) is 226 cm³/mol. The lowest BCUT2D eigenvalue weighted by Gasteiger charge is -2.52. The van der Waals surface area contributed by atoms with Crippen molar-refractivity contribution in [3.63, 3.8) is 0 Å². The van der Waals surface area contributed by atoms with E-state index >= 15 is 0 Å². The third-order valence-corrected chi connectivity index (χ3v) is 14.5. The van der Waals surface area contributed by atoms with Gasteiger partial charge in [-0.1, -0.05) is 13.8 Å². The van der Waals surface area contributed by atoms with Crippen LogP contribution in [0.3, 0.4) is 0 Å². The van der Waals surface area contributed by atoms with Gasteiger partial charge in [0.05, 0.1) is 42.6 Å². The van der Waals surface area contributed by atoms with E-state index in [1.54, 1.807) is 40.7 Å². The summed E-state index contributed by atoms with van der Waals surface area (Å²) in [5, 5.41) is 78.2. The van der Waals surface area contributed by atoms with E-state index in [1.807, 2.05) is 0 Å². The zero-order valence-corrected chi connectivity index (χ0v) is 36.7. The van der Waals surface area contributed by atoms with Gasteiger partial charge in [0.15, 0.2) is 0 Å². The molecule has 20 heteroatoms. The van der Waals surface area contributed by atoms with Gasteiger partial charge in [-0.3, -0.25) is 48.3 Å². The summed E-state index contributed by atoms with van der Waals surface area (Å²) in [5.41, 5.74) is -5.46. The van der Waals surface area contributed by atoms with Crippen molar-refractivity contribution in [1.82, 2.24) is 10.6 Å². The van der Waals surface area contributed by atoms with E-state index in [0.717, 1.165) is 0 Å². The van der Waals surface area contributed by atoms with Gasteiger partial charge >= 0.3 is 47.8 Å². The molecule has 20 nitrogen and oxygen atoms in total. The number of nitrogens with zero attached hydrogens (tertiary/aromatic N) is 2. The van der Waals surface area contributed by atoms with E-state index in [-0.39, 0.29) is 83.8 Å². The number of nitrogens with one attached hydrogen (secondary N) is 2. The first-order valence-electron chi connectivity index (χ1n) is 21.3. The summed E-state index contributed by atoms with van der Waals surface area (Å²) in [6.07, 6.45) is -3.02. The molecule has 2 saturated heterocycles. The van der Waals surface area contributed by atoms with Crippen molar-refractivity contribution in [3.05, 3.63) is 57.2 Å². The highest BCUT2D eigenvalue weighted by Gasteiger charge is 2.70. The van der Waals surface area contributed by atoms with E-state index in [1.165, 1.54) is 6.08 Å². The topological polar surface area (TPSA) is 336 Å². The molecule has 6 heterocycles. The Morgan fingerprint density at radius 1 is 0.723 bits per heavy atom. The lowest BCUT2D eigenvalue weighted by Crippen LogP contribution is -2.66. The minimum Gasteiger partial charge on any atom is -0.481 e. The number of esters is 1. The molecule has 0 amide bonds. The number of cyclic esters (lactones) is 1. The maximum atomic E-state index is 13.7. The third kappa shape index (κ3) is 8.45. The zero-order valence-electron chi connectivity index (χ0n) is 36.7. The fourth-order valence-electron chi connectivity index (χ4n) is 11.4. The molecule has 2 fully saturated rings. The van der Waals surface area contributed by atoms with Crippen molar-refractivity contribution < 1.29 is 78.8 Å². The second-order valence-corrected chi connectivity index (χ2v) is 18.7. The number of carboxylic acids is 7. The molecule has 65 heavy (non-hydrogen) atoms. The highest BCUT2D eigenvalue weighted by molar-refractivity contribution is 6.13. The Balaban J connectivity index is 1.81. The van der Waals surface area contributed by atoms with Gasteiger partial charge < -0.3 is 51.1 Å². The number of aliphatic imine (C=N–C) groups is 2. The molecule has 6 rings (SSSR count). The molecular formula is C45H54N4O16. The Kier molecular flexibility index (Phi) is 12.6. The second kappa shape index (κ2) is 17.1. The summed E-state index contributed by atoms with van der Waals surface area (Å²) in [7, 11) is 0. The molecule has 2 unspecified atom stereocenters. The number of hydrogen-bond acceptors (Lipinski definition) is 13. The summed E-state index contributed by atoms with van der Waals surface area (Å²) < 4.78 is 5.99. The first kappa shape index (κ1) is 47.9. The van der Waals surface area contributed by atoms with Crippen molar-refractivity contribution in [2.24, 2.45) is 32.1 Å². The van der Waals surface area contributed by atoms with Crippen LogP contribution in [0.4, 0.5) is 0 Å². The van der Waals surface area contributed by atoms with Crippen LogP contribution in [-0.2, 0) is 43.1 Å². The first-order valence-corrected chi connectivity index (χ1v) is 21.3. The summed E-state index contributed by atoms with van der Waals surface area (Å²) >= 11 is 0. The fourth-order valence-corrected chi connectivity index (χ4v) is 11.4. The number of fused-ring (bicyclic) bond motifs is 5. The van der Waals surface area contributed by atoms with Gasteiger partial charge in [-0.15, -0.1) is 0 Å². The van der Waals surface area contributed by atoms with Crippen molar-refractivity contribution >= 4 is 59.2 Å². The highest BCUT2D eigenvalue weighted by Crippen LogP contribution is 2.63. The second-order valence-electron chi connectivity index (χ2n) is 18.7. The van der Waals surface area contributed by atoms with Gasteiger partial charge in [-0.2, -0.15) is 0 Å². The molecule has 8 bridgehead atoms. The molecule has 7 atom stereocenters. The minimum absolute atomic E-state index is 0.0910. The van der Waals surface area contributed by atoms with Gasteiger partial charge in [0.1, 0.15) is 11.6 Å². The maximum Gasteiger partial charge on any atom is 0.307 e. The van der Waals surface area contributed by atoms with Gasteiger partial charge in [0.2, 0.25) is 0 Å².